The molecule has 8 nitrogen and oxygen atoms in total. The van der Waals surface area contributed by atoms with Crippen LogP contribution >= 0.6 is 0 Å². The fourth-order valence-electron chi connectivity index (χ4n) is 4.80. The van der Waals surface area contributed by atoms with Crippen LogP contribution in [0.5, 0.6) is 5.75 Å². The van der Waals surface area contributed by atoms with E-state index in [2.05, 4.69) is 0 Å². The van der Waals surface area contributed by atoms with Gasteiger partial charge in [0.1, 0.15) is 17.2 Å². The van der Waals surface area contributed by atoms with Crippen molar-refractivity contribution < 1.29 is 35.5 Å². The van der Waals surface area contributed by atoms with Crippen LogP contribution in [0.1, 0.15) is 43.6 Å². The molecule has 0 fully saturated rings. The highest BCUT2D eigenvalue weighted by Crippen LogP contribution is 2.33. The van der Waals surface area contributed by atoms with Gasteiger partial charge in [-0.25, -0.2) is 17.8 Å². The highest BCUT2D eigenvalue weighted by atomic mass is 32.2. The van der Waals surface area contributed by atoms with Crippen LogP contribution in [0, 0.1) is 5.82 Å². The summed E-state index contributed by atoms with van der Waals surface area (Å²) in [7, 11) is -3.58. The number of halogens is 4. The van der Waals surface area contributed by atoms with E-state index in [4.69, 9.17) is 9.72 Å². The van der Waals surface area contributed by atoms with E-state index in [1.165, 1.54) is 16.2 Å². The van der Waals surface area contributed by atoms with Gasteiger partial charge in [0, 0.05) is 18.5 Å². The highest BCUT2D eigenvalue weighted by molar-refractivity contribution is 7.91. The van der Waals surface area contributed by atoms with Crippen molar-refractivity contribution in [1.82, 2.24) is 14.3 Å². The molecule has 2 aromatic carbocycles. The number of alkyl halides is 3. The minimum atomic E-state index is -4.98. The van der Waals surface area contributed by atoms with Crippen LogP contribution in [0.15, 0.2) is 71.7 Å². The normalized spacial score (nSPS) is 12.7. The molecule has 0 bridgehead atoms. The van der Waals surface area contributed by atoms with Gasteiger partial charge in [-0.15, -0.1) is 0 Å². The SMILES string of the molecule is CCOc1ccc(-c2c([C@@H](C)N(CCS(=O)(=O)CC)C(=O)Cc3ccc(F)c(C(F)(F)F)c3)nc3ccccn3c2=O)cc1. The van der Waals surface area contributed by atoms with Gasteiger partial charge in [0.25, 0.3) is 5.56 Å². The number of sulfone groups is 1. The van der Waals surface area contributed by atoms with Gasteiger partial charge in [-0.05, 0) is 61.4 Å². The van der Waals surface area contributed by atoms with Crippen molar-refractivity contribution in [2.75, 3.05) is 24.7 Å². The van der Waals surface area contributed by atoms with Gasteiger partial charge in [0.15, 0.2) is 9.84 Å². The predicted molar refractivity (Wildman–Crippen MR) is 158 cm³/mol. The molecule has 0 saturated carbocycles. The van der Waals surface area contributed by atoms with Crippen molar-refractivity contribution >= 4 is 21.4 Å². The lowest BCUT2D eigenvalue weighted by atomic mass is 9.99. The number of aromatic nitrogens is 2. The zero-order valence-corrected chi connectivity index (χ0v) is 25.1. The molecule has 0 N–H and O–H groups in total. The summed E-state index contributed by atoms with van der Waals surface area (Å²) in [4.78, 5) is 33.4. The molecule has 0 aliphatic carbocycles. The minimum absolute atomic E-state index is 0.113. The Morgan fingerprint density at radius 3 is 2.41 bits per heavy atom. The molecule has 2 heterocycles. The van der Waals surface area contributed by atoms with Crippen LogP contribution < -0.4 is 10.3 Å². The van der Waals surface area contributed by atoms with Crippen LogP contribution in [0.25, 0.3) is 16.8 Å². The number of nitrogens with zero attached hydrogens (tertiary/aromatic N) is 3. The Balaban J connectivity index is 1.83. The number of fused-ring (bicyclic) bond motifs is 1. The van der Waals surface area contributed by atoms with E-state index in [0.717, 1.165) is 6.07 Å². The van der Waals surface area contributed by atoms with E-state index in [9.17, 15) is 35.6 Å². The maximum absolute atomic E-state index is 13.9. The average molecular weight is 634 g/mol. The van der Waals surface area contributed by atoms with Gasteiger partial charge in [-0.3, -0.25) is 14.0 Å². The van der Waals surface area contributed by atoms with Crippen molar-refractivity contribution in [3.8, 4) is 16.9 Å². The quantitative estimate of drug-likeness (QED) is 0.203. The maximum atomic E-state index is 13.9. The van der Waals surface area contributed by atoms with E-state index in [1.807, 2.05) is 6.92 Å². The van der Waals surface area contributed by atoms with Gasteiger partial charge >= 0.3 is 6.18 Å². The van der Waals surface area contributed by atoms with E-state index < -0.39 is 57.1 Å². The van der Waals surface area contributed by atoms with E-state index >= 15 is 0 Å². The van der Waals surface area contributed by atoms with Crippen LogP contribution in [0.3, 0.4) is 0 Å². The first-order valence-electron chi connectivity index (χ1n) is 13.9. The second-order valence-corrected chi connectivity index (χ2v) is 12.5. The molecule has 0 unspecified atom stereocenters. The topological polar surface area (TPSA) is 98.0 Å². The summed E-state index contributed by atoms with van der Waals surface area (Å²) in [5.74, 6) is -2.26. The number of rotatable bonds is 11. The van der Waals surface area contributed by atoms with Crippen molar-refractivity contribution in [2.24, 2.45) is 0 Å². The summed E-state index contributed by atoms with van der Waals surface area (Å²) in [6.45, 7) is 4.97. The van der Waals surface area contributed by atoms with Gasteiger partial charge in [0.05, 0.1) is 41.6 Å². The van der Waals surface area contributed by atoms with Gasteiger partial charge in [-0.1, -0.05) is 31.2 Å². The maximum Gasteiger partial charge on any atom is 0.419 e. The molecule has 1 amide bonds. The first-order chi connectivity index (χ1) is 20.8. The molecule has 4 rings (SSSR count). The number of carbonyl (C=O) groups excluding carboxylic acids is 1. The number of pyridine rings is 1. The molecule has 13 heteroatoms. The molecule has 0 spiro atoms. The summed E-state index contributed by atoms with van der Waals surface area (Å²) < 4.78 is 85.7. The Hall–Kier alpha value is -4.26. The van der Waals surface area contributed by atoms with Crippen molar-refractivity contribution in [3.05, 3.63) is 99.9 Å². The number of hydrogen-bond donors (Lipinski definition) is 0. The Morgan fingerprint density at radius 1 is 1.07 bits per heavy atom. The third-order valence-electron chi connectivity index (χ3n) is 7.17. The highest BCUT2D eigenvalue weighted by Gasteiger charge is 2.35. The lowest BCUT2D eigenvalue weighted by Crippen LogP contribution is -2.39. The molecule has 4 aromatic rings. The lowest BCUT2D eigenvalue weighted by molar-refractivity contribution is -0.140. The zero-order chi connectivity index (χ0) is 32.2. The second-order valence-electron chi connectivity index (χ2n) is 10.1. The van der Waals surface area contributed by atoms with E-state index in [1.54, 1.807) is 55.6 Å². The van der Waals surface area contributed by atoms with Crippen molar-refractivity contribution in [2.45, 2.75) is 39.4 Å². The first kappa shape index (κ1) is 32.6. The molecular weight excluding hydrogens is 602 g/mol. The summed E-state index contributed by atoms with van der Waals surface area (Å²) in [6.07, 6.45) is -4.01. The fraction of sp³-hybridized carbons (Fsp3) is 0.323. The van der Waals surface area contributed by atoms with Crippen molar-refractivity contribution in [3.63, 3.8) is 0 Å². The van der Waals surface area contributed by atoms with Gasteiger partial charge in [-0.2, -0.15) is 13.2 Å². The number of ether oxygens (including phenoxy) is 1. The fourth-order valence-corrected chi connectivity index (χ4v) is 5.57. The summed E-state index contributed by atoms with van der Waals surface area (Å²) >= 11 is 0. The Kier molecular flexibility index (Phi) is 9.77. The molecule has 0 aliphatic heterocycles. The molecular formula is C31H31F4N3O5S. The predicted octanol–water partition coefficient (Wildman–Crippen LogP) is 5.49. The summed E-state index contributed by atoms with van der Waals surface area (Å²) in [6, 6.07) is 12.9. The van der Waals surface area contributed by atoms with Crippen LogP contribution in [0.4, 0.5) is 17.6 Å². The summed E-state index contributed by atoms with van der Waals surface area (Å²) in [5, 5.41) is 0. The molecule has 44 heavy (non-hydrogen) atoms. The monoisotopic (exact) mass is 633 g/mol. The van der Waals surface area contributed by atoms with Gasteiger partial charge in [0.2, 0.25) is 5.91 Å². The zero-order valence-electron chi connectivity index (χ0n) is 24.3. The molecule has 1 atom stereocenters. The number of carbonyl (C=O) groups is 1. The lowest BCUT2D eigenvalue weighted by Gasteiger charge is -2.30. The molecule has 0 saturated heterocycles. The number of amides is 1. The third-order valence-corrected chi connectivity index (χ3v) is 8.86. The van der Waals surface area contributed by atoms with E-state index in [0.29, 0.717) is 30.1 Å². The van der Waals surface area contributed by atoms with Crippen LogP contribution in [-0.4, -0.2) is 53.3 Å². The smallest absolute Gasteiger partial charge is 0.419 e. The second kappa shape index (κ2) is 13.2. The largest absolute Gasteiger partial charge is 0.494 e. The molecule has 234 valence electrons. The van der Waals surface area contributed by atoms with Crippen molar-refractivity contribution in [1.29, 1.82) is 0 Å². The molecule has 2 aromatic heterocycles. The van der Waals surface area contributed by atoms with Gasteiger partial charge < -0.3 is 9.64 Å². The first-order valence-corrected chi connectivity index (χ1v) is 15.7. The molecule has 0 radical (unpaired) electrons. The standard InChI is InChI=1S/C31H31F4N3O5S/c1-4-43-23-12-10-22(11-13-23)28-29(36-26-8-6-7-15-38(26)30(28)40)20(3)37(16-17-44(41,42)5-2)27(39)19-21-9-14-25(32)24(18-21)31(33,34)35/h6-15,18,20H,4-5,16-17,19H2,1-3H3/t20-/m1/s1. The Labute approximate surface area is 251 Å². The Morgan fingerprint density at radius 2 is 1.77 bits per heavy atom. The van der Waals surface area contributed by atoms with Crippen LogP contribution in [0.2, 0.25) is 0 Å². The third kappa shape index (κ3) is 7.26. The minimum Gasteiger partial charge on any atom is -0.494 e. The van der Waals surface area contributed by atoms with Crippen LogP contribution in [-0.2, 0) is 27.2 Å². The molecule has 0 aliphatic rings. The average Bonchev–Trinajstić information content (AvgIpc) is 2.98. The Bertz CT molecular complexity index is 1820. The van der Waals surface area contributed by atoms with E-state index in [-0.39, 0.29) is 34.8 Å². The summed E-state index contributed by atoms with van der Waals surface area (Å²) in [5.41, 5.74) is -1.01. The number of hydrogen-bond acceptors (Lipinski definition) is 6. The number of benzene rings is 2.